The summed E-state index contributed by atoms with van der Waals surface area (Å²) in [4.78, 5) is 39.9. The summed E-state index contributed by atoms with van der Waals surface area (Å²) in [6.07, 6.45) is 2.95. The number of halogens is 2. The Morgan fingerprint density at radius 1 is 0.953 bits per heavy atom. The largest absolute Gasteiger partial charge is 0.478 e. The van der Waals surface area contributed by atoms with Gasteiger partial charge in [-0.15, -0.1) is 0 Å². The maximum Gasteiger partial charge on any atom is 0.335 e. The SMILES string of the molecule is CC(C)(C)n1ncc(C(=O)Nc2ccc(Cl)c(C(=O)N3CCC(c4ccc(C(=O)O)cc4)CC3)c2)c1-c1ccc(F)cc1. The normalized spacial score (nSPS) is 14.0. The number of rotatable bonds is 6. The monoisotopic (exact) mass is 602 g/mol. The second-order valence-corrected chi connectivity index (χ2v) is 12.0. The van der Waals surface area contributed by atoms with Crippen molar-refractivity contribution in [3.8, 4) is 11.3 Å². The van der Waals surface area contributed by atoms with Crippen LogP contribution in [-0.4, -0.2) is 50.7 Å². The first kappa shape index (κ1) is 30.0. The van der Waals surface area contributed by atoms with Crippen LogP contribution in [-0.2, 0) is 5.54 Å². The van der Waals surface area contributed by atoms with Gasteiger partial charge in [0.1, 0.15) is 5.82 Å². The van der Waals surface area contributed by atoms with Crippen LogP contribution in [0.1, 0.15) is 76.2 Å². The predicted octanol–water partition coefficient (Wildman–Crippen LogP) is 7.07. The Morgan fingerprint density at radius 3 is 2.21 bits per heavy atom. The molecule has 1 aliphatic rings. The molecule has 0 saturated carbocycles. The highest BCUT2D eigenvalue weighted by molar-refractivity contribution is 6.34. The van der Waals surface area contributed by atoms with Crippen LogP contribution in [0.4, 0.5) is 10.1 Å². The van der Waals surface area contributed by atoms with Crippen LogP contribution in [0.3, 0.4) is 0 Å². The number of piperidine rings is 1. The molecule has 8 nitrogen and oxygen atoms in total. The molecular formula is C33H32ClFN4O4. The quantitative estimate of drug-likeness (QED) is 0.246. The molecule has 0 bridgehead atoms. The minimum absolute atomic E-state index is 0.220. The Balaban J connectivity index is 1.32. The van der Waals surface area contributed by atoms with E-state index >= 15 is 0 Å². The van der Waals surface area contributed by atoms with E-state index in [-0.39, 0.29) is 33.8 Å². The second-order valence-electron chi connectivity index (χ2n) is 11.6. The number of carbonyl (C=O) groups is 3. The number of hydrogen-bond acceptors (Lipinski definition) is 4. The third-order valence-corrected chi connectivity index (χ3v) is 7.96. The van der Waals surface area contributed by atoms with Gasteiger partial charge in [-0.25, -0.2) is 9.18 Å². The van der Waals surface area contributed by atoms with Crippen molar-refractivity contribution in [1.82, 2.24) is 14.7 Å². The molecule has 1 aromatic heterocycles. The molecule has 4 aromatic rings. The number of aromatic nitrogens is 2. The van der Waals surface area contributed by atoms with Gasteiger partial charge < -0.3 is 15.3 Å². The van der Waals surface area contributed by atoms with E-state index in [4.69, 9.17) is 16.7 Å². The highest BCUT2D eigenvalue weighted by Crippen LogP contribution is 2.32. The fourth-order valence-corrected chi connectivity index (χ4v) is 5.56. The van der Waals surface area contributed by atoms with Gasteiger partial charge >= 0.3 is 5.97 Å². The minimum Gasteiger partial charge on any atom is -0.478 e. The molecule has 0 radical (unpaired) electrons. The Bertz CT molecular complexity index is 1670. The summed E-state index contributed by atoms with van der Waals surface area (Å²) in [5, 5.41) is 16.8. The van der Waals surface area contributed by atoms with Crippen LogP contribution in [0.2, 0.25) is 5.02 Å². The Hall–Kier alpha value is -4.50. The molecule has 0 unspecified atom stereocenters. The lowest BCUT2D eigenvalue weighted by Gasteiger charge is -2.32. The highest BCUT2D eigenvalue weighted by Gasteiger charge is 2.28. The van der Waals surface area contributed by atoms with Gasteiger partial charge in [0, 0.05) is 24.3 Å². The topological polar surface area (TPSA) is 105 Å². The molecule has 0 atom stereocenters. The lowest BCUT2D eigenvalue weighted by molar-refractivity contribution is 0.0691. The van der Waals surface area contributed by atoms with Crippen LogP contribution in [0.5, 0.6) is 0 Å². The number of likely N-dealkylation sites (tertiary alicyclic amines) is 1. The van der Waals surface area contributed by atoms with Crippen molar-refractivity contribution in [2.45, 2.75) is 45.1 Å². The maximum atomic E-state index is 13.7. The number of benzene rings is 3. The average molecular weight is 603 g/mol. The molecular weight excluding hydrogens is 571 g/mol. The Morgan fingerprint density at radius 2 is 1.60 bits per heavy atom. The molecule has 0 spiro atoms. The van der Waals surface area contributed by atoms with Crippen molar-refractivity contribution >= 4 is 35.1 Å². The van der Waals surface area contributed by atoms with Crippen LogP contribution in [0.25, 0.3) is 11.3 Å². The zero-order chi connectivity index (χ0) is 30.9. The number of nitrogens with zero attached hydrogens (tertiary/aromatic N) is 3. The van der Waals surface area contributed by atoms with E-state index in [1.165, 1.54) is 18.3 Å². The lowest BCUT2D eigenvalue weighted by atomic mass is 9.89. The minimum atomic E-state index is -0.962. The number of anilines is 1. The second kappa shape index (κ2) is 12.0. The molecule has 2 N–H and O–H groups in total. The molecule has 3 aromatic carbocycles. The number of amides is 2. The average Bonchev–Trinajstić information content (AvgIpc) is 3.45. The summed E-state index contributed by atoms with van der Waals surface area (Å²) < 4.78 is 15.4. The van der Waals surface area contributed by atoms with E-state index in [0.717, 1.165) is 18.4 Å². The fraction of sp³-hybridized carbons (Fsp3) is 0.273. The number of aromatic carboxylic acids is 1. The Kier molecular flexibility index (Phi) is 8.37. The van der Waals surface area contributed by atoms with Gasteiger partial charge in [-0.2, -0.15) is 5.10 Å². The smallest absolute Gasteiger partial charge is 0.335 e. The summed E-state index contributed by atoms with van der Waals surface area (Å²) in [5.41, 5.74) is 3.04. The molecule has 43 heavy (non-hydrogen) atoms. The van der Waals surface area contributed by atoms with Crippen molar-refractivity contribution in [1.29, 1.82) is 0 Å². The fourth-order valence-electron chi connectivity index (χ4n) is 5.36. The molecule has 1 saturated heterocycles. The number of carboxylic acid groups (broad SMARTS) is 1. The van der Waals surface area contributed by atoms with E-state index < -0.39 is 17.4 Å². The van der Waals surface area contributed by atoms with Gasteiger partial charge in [-0.1, -0.05) is 23.7 Å². The maximum absolute atomic E-state index is 13.7. The molecule has 2 amide bonds. The summed E-state index contributed by atoms with van der Waals surface area (Å²) in [6, 6.07) is 17.6. The number of carboxylic acids is 1. The number of carbonyl (C=O) groups excluding carboxylic acids is 2. The van der Waals surface area contributed by atoms with Crippen molar-refractivity contribution in [2.75, 3.05) is 18.4 Å². The zero-order valence-corrected chi connectivity index (χ0v) is 24.9. The van der Waals surface area contributed by atoms with Crippen molar-refractivity contribution in [3.05, 3.63) is 106 Å². The van der Waals surface area contributed by atoms with Crippen molar-refractivity contribution < 1.29 is 23.9 Å². The molecule has 5 rings (SSSR count). The third kappa shape index (κ3) is 6.46. The third-order valence-electron chi connectivity index (χ3n) is 7.63. The standard InChI is InChI=1S/C33H32ClFN4O4/c1-33(2,3)39-29(22-8-10-24(35)11-9-22)27(19-36-39)30(40)37-25-12-13-28(34)26(18-25)31(41)38-16-14-21(15-17-38)20-4-6-23(7-5-20)32(42)43/h4-13,18-19,21H,14-17H2,1-3H3,(H,37,40)(H,42,43). The van der Waals surface area contributed by atoms with E-state index in [1.807, 2.05) is 32.9 Å². The van der Waals surface area contributed by atoms with Gasteiger partial charge in [0.05, 0.1) is 39.1 Å². The van der Waals surface area contributed by atoms with Gasteiger partial charge in [0.15, 0.2) is 0 Å². The summed E-state index contributed by atoms with van der Waals surface area (Å²) >= 11 is 6.45. The van der Waals surface area contributed by atoms with Gasteiger partial charge in [0.25, 0.3) is 11.8 Å². The summed E-state index contributed by atoms with van der Waals surface area (Å²) in [5.74, 6) is -1.78. The van der Waals surface area contributed by atoms with E-state index in [0.29, 0.717) is 35.6 Å². The highest BCUT2D eigenvalue weighted by atomic mass is 35.5. The van der Waals surface area contributed by atoms with Gasteiger partial charge in [-0.3, -0.25) is 14.3 Å². The Labute approximate surface area is 254 Å². The molecule has 10 heteroatoms. The van der Waals surface area contributed by atoms with Crippen LogP contribution in [0, 0.1) is 5.82 Å². The summed E-state index contributed by atoms with van der Waals surface area (Å²) in [6.45, 7) is 6.92. The molecule has 0 aliphatic carbocycles. The molecule has 2 heterocycles. The van der Waals surface area contributed by atoms with Crippen molar-refractivity contribution in [3.63, 3.8) is 0 Å². The van der Waals surface area contributed by atoms with Crippen molar-refractivity contribution in [2.24, 2.45) is 0 Å². The van der Waals surface area contributed by atoms with E-state index in [1.54, 1.807) is 52.0 Å². The van der Waals surface area contributed by atoms with Crippen LogP contribution in [0.15, 0.2) is 72.9 Å². The van der Waals surface area contributed by atoms with E-state index in [2.05, 4.69) is 10.4 Å². The summed E-state index contributed by atoms with van der Waals surface area (Å²) in [7, 11) is 0. The predicted molar refractivity (Wildman–Crippen MR) is 163 cm³/mol. The zero-order valence-electron chi connectivity index (χ0n) is 24.1. The van der Waals surface area contributed by atoms with Crippen LogP contribution < -0.4 is 5.32 Å². The number of nitrogens with one attached hydrogen (secondary N) is 1. The first-order chi connectivity index (χ1) is 20.4. The lowest BCUT2D eigenvalue weighted by Crippen LogP contribution is -2.38. The number of hydrogen-bond donors (Lipinski definition) is 2. The van der Waals surface area contributed by atoms with Gasteiger partial charge in [-0.05, 0) is 99.7 Å². The molecule has 1 fully saturated rings. The first-order valence-electron chi connectivity index (χ1n) is 14.0. The van der Waals surface area contributed by atoms with E-state index in [9.17, 15) is 18.8 Å². The van der Waals surface area contributed by atoms with Crippen LogP contribution >= 0.6 is 11.6 Å². The molecule has 222 valence electrons. The first-order valence-corrected chi connectivity index (χ1v) is 14.4. The molecule has 1 aliphatic heterocycles. The van der Waals surface area contributed by atoms with Gasteiger partial charge in [0.2, 0.25) is 0 Å².